The largest absolute Gasteiger partial charge is 0.465 e. The lowest BCUT2D eigenvalue weighted by atomic mass is 9.77. The second-order valence-corrected chi connectivity index (χ2v) is 18.3. The lowest BCUT2D eigenvalue weighted by Gasteiger charge is -2.37. The molecule has 0 aliphatic rings. The number of halogens is 10. The van der Waals surface area contributed by atoms with E-state index in [-0.39, 0.29) is 11.6 Å². The van der Waals surface area contributed by atoms with E-state index >= 15 is 0 Å². The third-order valence-corrected chi connectivity index (χ3v) is 11.6. The van der Waals surface area contributed by atoms with Gasteiger partial charge >= 0.3 is 42.6 Å². The van der Waals surface area contributed by atoms with Crippen molar-refractivity contribution in [2.75, 3.05) is 13.2 Å². The van der Waals surface area contributed by atoms with Crippen molar-refractivity contribution in [1.29, 1.82) is 0 Å². The zero-order valence-corrected chi connectivity index (χ0v) is 25.6. The van der Waals surface area contributed by atoms with Crippen LogP contribution in [0.5, 0.6) is 0 Å². The summed E-state index contributed by atoms with van der Waals surface area (Å²) < 4.78 is 142. The minimum atomic E-state index is -6.10. The van der Waals surface area contributed by atoms with Crippen molar-refractivity contribution >= 4 is 26.0 Å². The van der Waals surface area contributed by atoms with Crippen molar-refractivity contribution in [1.82, 2.24) is 0 Å². The maximum atomic E-state index is 13.3. The normalized spacial score (nSPS) is 15.4. The summed E-state index contributed by atoms with van der Waals surface area (Å²) in [6.07, 6.45) is -20.9. The van der Waals surface area contributed by atoms with Gasteiger partial charge < -0.3 is 14.2 Å². The van der Waals surface area contributed by atoms with E-state index in [4.69, 9.17) is 4.74 Å². The molecule has 0 aromatic heterocycles. The quantitative estimate of drug-likeness (QED) is 0.0597. The maximum Gasteiger partial charge on any atom is 0.434 e. The van der Waals surface area contributed by atoms with Gasteiger partial charge in [0.15, 0.2) is 6.61 Å². The van der Waals surface area contributed by atoms with E-state index < -0.39 is 87.1 Å². The highest BCUT2D eigenvalue weighted by molar-refractivity contribution is 6.79. The Kier molecular flexibility index (Phi) is 13.4. The Morgan fingerprint density at radius 1 is 0.786 bits per heavy atom. The van der Waals surface area contributed by atoms with Gasteiger partial charge in [-0.1, -0.05) is 40.4 Å². The minimum Gasteiger partial charge on any atom is -0.465 e. The average Bonchev–Trinajstić information content (AvgIpc) is 2.79. The molecule has 0 radical (unpaired) electrons. The van der Waals surface area contributed by atoms with Gasteiger partial charge in [-0.3, -0.25) is 14.4 Å². The summed E-state index contributed by atoms with van der Waals surface area (Å²) in [6, 6.07) is 0. The van der Waals surface area contributed by atoms with Gasteiger partial charge in [-0.25, -0.2) is 8.78 Å². The summed E-state index contributed by atoms with van der Waals surface area (Å²) in [7, 11) is -1.60. The van der Waals surface area contributed by atoms with Crippen LogP contribution in [0.4, 0.5) is 43.9 Å². The number of carbonyl (C=O) groups is 3. The average molecular weight is 653 g/mol. The fourth-order valence-electron chi connectivity index (χ4n) is 3.39. The number of ether oxygens (including phenoxy) is 3. The summed E-state index contributed by atoms with van der Waals surface area (Å²) in [4.78, 5) is 37.7. The molecule has 0 bridgehead atoms. The molecule has 0 aromatic carbocycles. The highest BCUT2D eigenvalue weighted by Gasteiger charge is 2.60. The number of hydrogen-bond acceptors (Lipinski definition) is 6. The highest BCUT2D eigenvalue weighted by atomic mass is 28.3. The van der Waals surface area contributed by atoms with Crippen molar-refractivity contribution in [2.24, 2.45) is 17.3 Å². The Morgan fingerprint density at radius 3 is 1.67 bits per heavy atom. The molecule has 0 spiro atoms. The molecule has 6 nitrogen and oxygen atoms in total. The van der Waals surface area contributed by atoms with Crippen LogP contribution < -0.4 is 0 Å². The van der Waals surface area contributed by atoms with Gasteiger partial charge in [-0.05, 0) is 38.1 Å². The lowest BCUT2D eigenvalue weighted by Crippen LogP contribution is -2.47. The molecule has 0 amide bonds. The highest BCUT2D eigenvalue weighted by Crippen LogP contribution is 2.42. The maximum absolute atomic E-state index is 13.3. The molecule has 0 rings (SSSR count). The van der Waals surface area contributed by atoms with Crippen molar-refractivity contribution in [3.05, 3.63) is 0 Å². The second kappa shape index (κ2) is 14.1. The van der Waals surface area contributed by atoms with Crippen LogP contribution >= 0.6 is 0 Å². The molecule has 0 aliphatic carbocycles. The van der Waals surface area contributed by atoms with Crippen LogP contribution in [0.15, 0.2) is 0 Å². The van der Waals surface area contributed by atoms with Gasteiger partial charge in [0.2, 0.25) is 0 Å². The molecule has 248 valence electrons. The molecule has 17 heteroatoms. The van der Waals surface area contributed by atoms with Gasteiger partial charge in [0.25, 0.3) is 6.10 Å². The number of carbonyl (C=O) groups excluding carboxylic acids is 3. The van der Waals surface area contributed by atoms with Crippen molar-refractivity contribution in [3.8, 4) is 0 Å². The third kappa shape index (κ3) is 11.9. The van der Waals surface area contributed by atoms with E-state index in [2.05, 4.69) is 43.0 Å². The van der Waals surface area contributed by atoms with Crippen LogP contribution in [0.3, 0.4) is 0 Å². The molecular weight excluding hydrogens is 614 g/mol. The van der Waals surface area contributed by atoms with E-state index in [0.29, 0.717) is 19.8 Å². The van der Waals surface area contributed by atoms with E-state index in [1.807, 2.05) is 0 Å². The number of esters is 3. The molecule has 0 aromatic rings. The van der Waals surface area contributed by atoms with Gasteiger partial charge in [0, 0.05) is 8.07 Å². The number of rotatable bonds is 15. The van der Waals surface area contributed by atoms with Crippen molar-refractivity contribution < 1.29 is 72.5 Å². The predicted molar refractivity (Wildman–Crippen MR) is 133 cm³/mol. The third-order valence-electron chi connectivity index (χ3n) is 7.33. The molecule has 0 saturated carbocycles. The first-order chi connectivity index (χ1) is 18.5. The Bertz CT molecular complexity index is 912. The molecule has 42 heavy (non-hydrogen) atoms. The molecule has 0 heterocycles. The van der Waals surface area contributed by atoms with Crippen LogP contribution in [0.1, 0.15) is 53.9 Å². The van der Waals surface area contributed by atoms with E-state index in [9.17, 15) is 58.3 Å². The summed E-state index contributed by atoms with van der Waals surface area (Å²) in [5, 5.41) is -0.0372. The Labute approximate surface area is 238 Å². The zero-order chi connectivity index (χ0) is 33.7. The monoisotopic (exact) mass is 652 g/mol. The van der Waals surface area contributed by atoms with E-state index in [0.717, 1.165) is 13.8 Å². The smallest absolute Gasteiger partial charge is 0.434 e. The van der Waals surface area contributed by atoms with Gasteiger partial charge in [-0.15, -0.1) is 0 Å². The first-order valence-corrected chi connectivity index (χ1v) is 16.3. The molecule has 0 saturated heterocycles. The fourth-order valence-corrected chi connectivity index (χ4v) is 4.32. The standard InChI is InChI=1S/C25H38F10O6Si/c1-14(16(36)41-18(24(30,31)32)25(33,34)35)15(17(37)40-13-23(28,29)19(26)27)12-21(2,3)20(38)39-11-9-10-22(4,5)42(6,7)8/h14-15,18-19H,9-13H2,1-8H3. The van der Waals surface area contributed by atoms with Gasteiger partial charge in [0.1, 0.15) is 0 Å². The number of hydrogen-bond donors (Lipinski definition) is 0. The van der Waals surface area contributed by atoms with Crippen molar-refractivity contribution in [3.63, 3.8) is 0 Å². The lowest BCUT2D eigenvalue weighted by molar-refractivity contribution is -0.314. The Hall–Kier alpha value is -2.07. The topological polar surface area (TPSA) is 78.9 Å². The van der Waals surface area contributed by atoms with Crippen LogP contribution in [-0.2, 0) is 28.6 Å². The molecule has 0 fully saturated rings. The van der Waals surface area contributed by atoms with Gasteiger partial charge in [0.05, 0.1) is 23.9 Å². The summed E-state index contributed by atoms with van der Waals surface area (Å²) >= 11 is 0. The molecule has 0 aliphatic heterocycles. The fraction of sp³-hybridized carbons (Fsp3) is 0.880. The van der Waals surface area contributed by atoms with Crippen LogP contribution in [0.25, 0.3) is 0 Å². The first kappa shape index (κ1) is 39.9. The van der Waals surface area contributed by atoms with Crippen LogP contribution in [0.2, 0.25) is 24.7 Å². The predicted octanol–water partition coefficient (Wildman–Crippen LogP) is 7.58. The second-order valence-electron chi connectivity index (χ2n) is 12.4. The molecule has 2 atom stereocenters. The summed E-state index contributed by atoms with van der Waals surface area (Å²) in [5.74, 6) is -14.3. The SMILES string of the molecule is CC(C(=O)OC(C(F)(F)F)C(F)(F)F)C(CC(C)(C)C(=O)OCCCC(C)(C)[Si](C)(C)C)C(=O)OCC(F)(F)C(F)F. The minimum absolute atomic E-state index is 0.0372. The Balaban J connectivity index is 5.93. The van der Waals surface area contributed by atoms with Crippen molar-refractivity contribution in [2.45, 2.75) is 109 Å². The Morgan fingerprint density at radius 2 is 1.26 bits per heavy atom. The summed E-state index contributed by atoms with van der Waals surface area (Å²) in [5.41, 5.74) is -1.77. The number of alkyl halides is 10. The molecule has 0 N–H and O–H groups in total. The van der Waals surface area contributed by atoms with Gasteiger partial charge in [-0.2, -0.15) is 35.1 Å². The zero-order valence-electron chi connectivity index (χ0n) is 24.6. The van der Waals surface area contributed by atoms with E-state index in [1.165, 1.54) is 0 Å². The molecule has 2 unspecified atom stereocenters. The van der Waals surface area contributed by atoms with Crippen LogP contribution in [-0.4, -0.2) is 70.0 Å². The first-order valence-electron chi connectivity index (χ1n) is 12.8. The van der Waals surface area contributed by atoms with E-state index in [1.54, 1.807) is 0 Å². The summed E-state index contributed by atoms with van der Waals surface area (Å²) in [6.45, 7) is 11.2. The van der Waals surface area contributed by atoms with Crippen LogP contribution in [0, 0.1) is 17.3 Å². The molecular formula is C25H38F10O6Si.